The SMILES string of the molecule is CCNC(=NCc1ccc(S(=O)(=O)N(C)C(C)C)cc1)N1CCN(C(C)=O)CC1.I. The lowest BCUT2D eigenvalue weighted by Gasteiger charge is -2.36. The van der Waals surface area contributed by atoms with Crippen LogP contribution in [0.5, 0.6) is 0 Å². The zero-order valence-corrected chi connectivity index (χ0v) is 21.6. The van der Waals surface area contributed by atoms with Crippen LogP contribution in [0.1, 0.15) is 33.3 Å². The van der Waals surface area contributed by atoms with E-state index >= 15 is 0 Å². The van der Waals surface area contributed by atoms with Gasteiger partial charge in [0.1, 0.15) is 0 Å². The molecule has 1 amide bonds. The fourth-order valence-electron chi connectivity index (χ4n) is 3.04. The summed E-state index contributed by atoms with van der Waals surface area (Å²) in [6.45, 7) is 11.4. The molecule has 1 fully saturated rings. The molecule has 1 aliphatic heterocycles. The highest BCUT2D eigenvalue weighted by Gasteiger charge is 2.23. The maximum Gasteiger partial charge on any atom is 0.243 e. The Balaban J connectivity index is 0.00000450. The molecular formula is C20H34IN5O3S. The Kier molecular flexibility index (Phi) is 10.5. The van der Waals surface area contributed by atoms with E-state index < -0.39 is 10.0 Å². The smallest absolute Gasteiger partial charge is 0.243 e. The first-order chi connectivity index (χ1) is 13.7. The lowest BCUT2D eigenvalue weighted by molar-refractivity contribution is -0.130. The van der Waals surface area contributed by atoms with Gasteiger partial charge < -0.3 is 15.1 Å². The van der Waals surface area contributed by atoms with Crippen LogP contribution in [0, 0.1) is 0 Å². The summed E-state index contributed by atoms with van der Waals surface area (Å²) in [7, 11) is -1.89. The molecule has 0 spiro atoms. The van der Waals surface area contributed by atoms with Gasteiger partial charge in [-0.3, -0.25) is 4.79 Å². The van der Waals surface area contributed by atoms with E-state index in [9.17, 15) is 13.2 Å². The van der Waals surface area contributed by atoms with E-state index in [0.717, 1.165) is 31.2 Å². The van der Waals surface area contributed by atoms with Crippen molar-refractivity contribution < 1.29 is 13.2 Å². The second-order valence-electron chi connectivity index (χ2n) is 7.42. The Labute approximate surface area is 197 Å². The lowest BCUT2D eigenvalue weighted by Crippen LogP contribution is -2.53. The van der Waals surface area contributed by atoms with Crippen molar-refractivity contribution in [2.45, 2.75) is 45.2 Å². The van der Waals surface area contributed by atoms with Crippen LogP contribution in [0.2, 0.25) is 0 Å². The van der Waals surface area contributed by atoms with Gasteiger partial charge in [0.2, 0.25) is 15.9 Å². The van der Waals surface area contributed by atoms with Crippen molar-refractivity contribution in [1.82, 2.24) is 19.4 Å². The number of carbonyl (C=O) groups excluding carboxylic acids is 1. The molecule has 1 saturated heterocycles. The minimum atomic E-state index is -3.48. The van der Waals surface area contributed by atoms with Gasteiger partial charge in [-0.05, 0) is 38.5 Å². The molecular weight excluding hydrogens is 517 g/mol. The second-order valence-corrected chi connectivity index (χ2v) is 9.42. The van der Waals surface area contributed by atoms with Gasteiger partial charge in [-0.2, -0.15) is 4.31 Å². The Hall–Kier alpha value is -1.40. The average Bonchev–Trinajstić information content (AvgIpc) is 2.70. The van der Waals surface area contributed by atoms with Crippen LogP contribution in [0.15, 0.2) is 34.2 Å². The van der Waals surface area contributed by atoms with Crippen molar-refractivity contribution in [3.8, 4) is 0 Å². The molecule has 1 aromatic carbocycles. The van der Waals surface area contributed by atoms with Crippen LogP contribution >= 0.6 is 24.0 Å². The lowest BCUT2D eigenvalue weighted by atomic mass is 10.2. The number of carbonyl (C=O) groups is 1. The number of aliphatic imine (C=N–C) groups is 1. The maximum atomic E-state index is 12.6. The highest BCUT2D eigenvalue weighted by atomic mass is 127. The van der Waals surface area contributed by atoms with E-state index in [0.29, 0.717) is 19.6 Å². The van der Waals surface area contributed by atoms with Crippen molar-refractivity contribution in [2.24, 2.45) is 4.99 Å². The Morgan fingerprint density at radius 3 is 2.13 bits per heavy atom. The van der Waals surface area contributed by atoms with Gasteiger partial charge in [-0.15, -0.1) is 24.0 Å². The molecule has 2 rings (SSSR count). The zero-order chi connectivity index (χ0) is 21.6. The third-order valence-corrected chi connectivity index (χ3v) is 7.15. The largest absolute Gasteiger partial charge is 0.357 e. The standard InChI is InChI=1S/C20H33N5O3S.HI/c1-6-21-20(25-13-11-24(12-14-25)17(4)26)22-15-18-7-9-19(10-8-18)29(27,28)23(5)16(2)3;/h7-10,16H,6,11-15H2,1-5H3,(H,21,22);1H. The van der Waals surface area contributed by atoms with Crippen molar-refractivity contribution >= 4 is 45.9 Å². The molecule has 0 bridgehead atoms. The van der Waals surface area contributed by atoms with E-state index in [2.05, 4.69) is 10.2 Å². The predicted octanol–water partition coefficient (Wildman–Crippen LogP) is 1.96. The van der Waals surface area contributed by atoms with E-state index in [1.54, 1.807) is 26.1 Å². The Bertz CT molecular complexity index is 819. The van der Waals surface area contributed by atoms with Gasteiger partial charge in [0, 0.05) is 52.7 Å². The highest BCUT2D eigenvalue weighted by molar-refractivity contribution is 14.0. The summed E-state index contributed by atoms with van der Waals surface area (Å²) >= 11 is 0. The van der Waals surface area contributed by atoms with Crippen molar-refractivity contribution in [2.75, 3.05) is 39.8 Å². The van der Waals surface area contributed by atoms with E-state index in [1.165, 1.54) is 4.31 Å². The first-order valence-corrected chi connectivity index (χ1v) is 11.5. The molecule has 1 aromatic rings. The number of nitrogens with zero attached hydrogens (tertiary/aromatic N) is 4. The van der Waals surface area contributed by atoms with Crippen LogP contribution in [0.4, 0.5) is 0 Å². The number of nitrogens with one attached hydrogen (secondary N) is 1. The zero-order valence-electron chi connectivity index (χ0n) is 18.5. The van der Waals surface area contributed by atoms with Crippen LogP contribution in [0.3, 0.4) is 0 Å². The first kappa shape index (κ1) is 26.6. The van der Waals surface area contributed by atoms with Crippen molar-refractivity contribution in [1.29, 1.82) is 0 Å². The third-order valence-electron chi connectivity index (χ3n) is 5.10. The average molecular weight is 551 g/mol. The van der Waals surface area contributed by atoms with Crippen molar-refractivity contribution in [3.63, 3.8) is 0 Å². The molecule has 0 aliphatic carbocycles. The summed E-state index contributed by atoms with van der Waals surface area (Å²) < 4.78 is 26.5. The quantitative estimate of drug-likeness (QED) is 0.332. The number of sulfonamides is 1. The van der Waals surface area contributed by atoms with Crippen LogP contribution in [-0.4, -0.2) is 80.2 Å². The summed E-state index contributed by atoms with van der Waals surface area (Å²) in [6, 6.07) is 6.79. The number of piperazine rings is 1. The number of guanidine groups is 1. The topological polar surface area (TPSA) is 85.3 Å². The number of hydrogen-bond acceptors (Lipinski definition) is 4. The molecule has 1 N–H and O–H groups in total. The van der Waals surface area contributed by atoms with Gasteiger partial charge in [-0.25, -0.2) is 13.4 Å². The molecule has 30 heavy (non-hydrogen) atoms. The first-order valence-electron chi connectivity index (χ1n) is 10.0. The van der Waals surface area contributed by atoms with Crippen LogP contribution in [0.25, 0.3) is 0 Å². The predicted molar refractivity (Wildman–Crippen MR) is 131 cm³/mol. The van der Waals surface area contributed by atoms with E-state index in [4.69, 9.17) is 4.99 Å². The van der Waals surface area contributed by atoms with Gasteiger partial charge in [0.15, 0.2) is 5.96 Å². The fourth-order valence-corrected chi connectivity index (χ4v) is 4.40. The molecule has 0 saturated carbocycles. The molecule has 170 valence electrons. The summed E-state index contributed by atoms with van der Waals surface area (Å²) in [4.78, 5) is 20.5. The number of hydrogen-bond donors (Lipinski definition) is 1. The Morgan fingerprint density at radius 2 is 1.67 bits per heavy atom. The van der Waals surface area contributed by atoms with Gasteiger partial charge >= 0.3 is 0 Å². The number of halogens is 1. The molecule has 0 unspecified atom stereocenters. The molecule has 1 heterocycles. The van der Waals surface area contributed by atoms with E-state index in [1.807, 2.05) is 37.8 Å². The molecule has 0 radical (unpaired) electrons. The van der Waals surface area contributed by atoms with Gasteiger partial charge in [0.05, 0.1) is 11.4 Å². The molecule has 1 aliphatic rings. The number of rotatable bonds is 6. The summed E-state index contributed by atoms with van der Waals surface area (Å²) in [5.74, 6) is 0.914. The summed E-state index contributed by atoms with van der Waals surface area (Å²) in [5.41, 5.74) is 0.939. The second kappa shape index (κ2) is 11.8. The molecule has 8 nitrogen and oxygen atoms in total. The highest BCUT2D eigenvalue weighted by Crippen LogP contribution is 2.17. The molecule has 10 heteroatoms. The fraction of sp³-hybridized carbons (Fsp3) is 0.600. The summed E-state index contributed by atoms with van der Waals surface area (Å²) in [5, 5.41) is 3.30. The third kappa shape index (κ3) is 6.81. The van der Waals surface area contributed by atoms with Crippen LogP contribution < -0.4 is 5.32 Å². The Morgan fingerprint density at radius 1 is 1.13 bits per heavy atom. The van der Waals surface area contributed by atoms with Crippen LogP contribution in [-0.2, 0) is 21.4 Å². The minimum Gasteiger partial charge on any atom is -0.357 e. The van der Waals surface area contributed by atoms with E-state index in [-0.39, 0.29) is 40.8 Å². The van der Waals surface area contributed by atoms with Crippen molar-refractivity contribution in [3.05, 3.63) is 29.8 Å². The monoisotopic (exact) mass is 551 g/mol. The number of benzene rings is 1. The van der Waals surface area contributed by atoms with Gasteiger partial charge in [-0.1, -0.05) is 12.1 Å². The maximum absolute atomic E-state index is 12.6. The molecule has 0 atom stereocenters. The molecule has 0 aromatic heterocycles. The minimum absolute atomic E-state index is 0. The normalized spacial score (nSPS) is 15.4. The summed E-state index contributed by atoms with van der Waals surface area (Å²) in [6.07, 6.45) is 0. The van der Waals surface area contributed by atoms with Gasteiger partial charge in [0.25, 0.3) is 0 Å². The number of amides is 1.